The van der Waals surface area contributed by atoms with Crippen molar-refractivity contribution in [2.24, 2.45) is 20.8 Å². The molecule has 20 heavy (non-hydrogen) atoms. The minimum atomic E-state index is 0.529. The zero-order chi connectivity index (χ0) is 14.3. The first kappa shape index (κ1) is 15.2. The standard InChI is InChI=1S/C16H24N2O2/c19-13-17-11-1-3-15-5-8-16(9-6-15,10-7-15)4-2-12-18-14-20/h1-12H2. The summed E-state index contributed by atoms with van der Waals surface area (Å²) in [6.45, 7) is 1.28. The van der Waals surface area contributed by atoms with Crippen LogP contribution in [0.1, 0.15) is 64.2 Å². The summed E-state index contributed by atoms with van der Waals surface area (Å²) in [5.74, 6) is 0. The van der Waals surface area contributed by atoms with Gasteiger partial charge in [-0.25, -0.2) is 19.6 Å². The summed E-state index contributed by atoms with van der Waals surface area (Å²) in [6, 6.07) is 0. The Labute approximate surface area is 120 Å². The molecule has 0 amide bonds. The number of carbonyl (C=O) groups excluding carboxylic acids is 2. The van der Waals surface area contributed by atoms with Crippen LogP contribution in [0.4, 0.5) is 0 Å². The summed E-state index contributed by atoms with van der Waals surface area (Å²) < 4.78 is 0. The lowest BCUT2D eigenvalue weighted by atomic mass is 9.51. The van der Waals surface area contributed by atoms with Gasteiger partial charge in [-0.3, -0.25) is 0 Å². The van der Waals surface area contributed by atoms with Crippen LogP contribution in [0.15, 0.2) is 9.98 Å². The Kier molecular flexibility index (Phi) is 5.28. The van der Waals surface area contributed by atoms with E-state index in [4.69, 9.17) is 0 Å². The molecule has 0 atom stereocenters. The Balaban J connectivity index is 1.77. The molecule has 4 nitrogen and oxygen atoms in total. The van der Waals surface area contributed by atoms with Gasteiger partial charge in [-0.2, -0.15) is 0 Å². The Morgan fingerprint density at radius 1 is 0.700 bits per heavy atom. The molecule has 4 heteroatoms. The highest BCUT2D eigenvalue weighted by Gasteiger charge is 2.47. The third-order valence-corrected chi connectivity index (χ3v) is 5.64. The zero-order valence-electron chi connectivity index (χ0n) is 12.2. The summed E-state index contributed by atoms with van der Waals surface area (Å²) in [6.07, 6.45) is 15.7. The number of isocyanates is 2. The monoisotopic (exact) mass is 276 g/mol. The number of fused-ring (bicyclic) bond motifs is 3. The van der Waals surface area contributed by atoms with Crippen LogP contribution in [0.3, 0.4) is 0 Å². The van der Waals surface area contributed by atoms with E-state index in [9.17, 15) is 9.59 Å². The van der Waals surface area contributed by atoms with Gasteiger partial charge in [0.25, 0.3) is 0 Å². The molecule has 0 spiro atoms. The molecule has 0 unspecified atom stereocenters. The van der Waals surface area contributed by atoms with E-state index in [0.29, 0.717) is 23.9 Å². The maximum atomic E-state index is 10.1. The summed E-state index contributed by atoms with van der Waals surface area (Å²) in [5.41, 5.74) is 1.06. The summed E-state index contributed by atoms with van der Waals surface area (Å²) in [4.78, 5) is 27.5. The molecule has 110 valence electrons. The van der Waals surface area contributed by atoms with E-state index in [2.05, 4.69) is 9.98 Å². The fraction of sp³-hybridized carbons (Fsp3) is 0.875. The van der Waals surface area contributed by atoms with Gasteiger partial charge in [0.2, 0.25) is 12.2 Å². The Morgan fingerprint density at radius 2 is 1.05 bits per heavy atom. The SMILES string of the molecule is O=C=NCCCC12CCC(CCCN=C=O)(CC1)CC2. The lowest BCUT2D eigenvalue weighted by Gasteiger charge is -2.54. The fourth-order valence-corrected chi connectivity index (χ4v) is 4.25. The highest BCUT2D eigenvalue weighted by atomic mass is 16.1. The van der Waals surface area contributed by atoms with Gasteiger partial charge in [0.1, 0.15) is 0 Å². The maximum Gasteiger partial charge on any atom is 0.234 e. The second-order valence-corrected chi connectivity index (χ2v) is 6.65. The fourth-order valence-electron chi connectivity index (χ4n) is 4.25. The Hall–Kier alpha value is -1.24. The van der Waals surface area contributed by atoms with Crippen molar-refractivity contribution in [1.82, 2.24) is 0 Å². The van der Waals surface area contributed by atoms with E-state index in [-0.39, 0.29) is 0 Å². The van der Waals surface area contributed by atoms with Gasteiger partial charge in [0.05, 0.1) is 13.1 Å². The van der Waals surface area contributed by atoms with Gasteiger partial charge in [-0.1, -0.05) is 0 Å². The molecule has 0 aromatic rings. The van der Waals surface area contributed by atoms with Crippen molar-refractivity contribution in [3.05, 3.63) is 0 Å². The smallest absolute Gasteiger partial charge is 0.211 e. The average molecular weight is 276 g/mol. The van der Waals surface area contributed by atoms with Crippen LogP contribution in [0.2, 0.25) is 0 Å². The molecule has 0 aromatic carbocycles. The average Bonchev–Trinajstić information content (AvgIpc) is 2.50. The van der Waals surface area contributed by atoms with Gasteiger partial charge < -0.3 is 0 Å². The molecule has 0 N–H and O–H groups in total. The predicted molar refractivity (Wildman–Crippen MR) is 77.0 cm³/mol. The molecule has 3 aliphatic rings. The molecule has 0 saturated heterocycles. The molecule has 3 aliphatic carbocycles. The molecule has 0 aliphatic heterocycles. The first-order valence-corrected chi connectivity index (χ1v) is 7.82. The van der Waals surface area contributed by atoms with Crippen LogP contribution < -0.4 is 0 Å². The molecular formula is C16H24N2O2. The topological polar surface area (TPSA) is 58.9 Å². The van der Waals surface area contributed by atoms with E-state index in [1.165, 1.54) is 51.4 Å². The second kappa shape index (κ2) is 6.97. The highest BCUT2D eigenvalue weighted by Crippen LogP contribution is 2.60. The molecule has 0 aromatic heterocycles. The minimum absolute atomic E-state index is 0.529. The Morgan fingerprint density at radius 3 is 1.35 bits per heavy atom. The van der Waals surface area contributed by atoms with Crippen LogP contribution in [-0.4, -0.2) is 25.2 Å². The first-order valence-electron chi connectivity index (χ1n) is 7.82. The van der Waals surface area contributed by atoms with Crippen molar-refractivity contribution in [2.75, 3.05) is 13.1 Å². The minimum Gasteiger partial charge on any atom is -0.211 e. The van der Waals surface area contributed by atoms with Crippen molar-refractivity contribution >= 4 is 12.2 Å². The number of aliphatic imine (C=N–C) groups is 2. The van der Waals surface area contributed by atoms with Gasteiger partial charge in [-0.05, 0) is 75.0 Å². The van der Waals surface area contributed by atoms with E-state index in [1.807, 2.05) is 0 Å². The van der Waals surface area contributed by atoms with E-state index in [0.717, 1.165) is 12.8 Å². The van der Waals surface area contributed by atoms with Crippen molar-refractivity contribution in [3.8, 4) is 0 Å². The summed E-state index contributed by atoms with van der Waals surface area (Å²) in [5, 5.41) is 0. The highest BCUT2D eigenvalue weighted by molar-refractivity contribution is 5.32. The van der Waals surface area contributed by atoms with Gasteiger partial charge in [-0.15, -0.1) is 0 Å². The quantitative estimate of drug-likeness (QED) is 0.386. The first-order chi connectivity index (χ1) is 9.74. The van der Waals surface area contributed by atoms with Gasteiger partial charge in [0, 0.05) is 0 Å². The molecule has 0 radical (unpaired) electrons. The van der Waals surface area contributed by atoms with Gasteiger partial charge >= 0.3 is 0 Å². The van der Waals surface area contributed by atoms with Crippen LogP contribution in [0.5, 0.6) is 0 Å². The van der Waals surface area contributed by atoms with Crippen LogP contribution in [0.25, 0.3) is 0 Å². The normalized spacial score (nSPS) is 31.4. The molecule has 3 fully saturated rings. The van der Waals surface area contributed by atoms with Crippen molar-refractivity contribution in [1.29, 1.82) is 0 Å². The third kappa shape index (κ3) is 3.65. The second-order valence-electron chi connectivity index (χ2n) is 6.65. The number of hydrogen-bond acceptors (Lipinski definition) is 4. The number of nitrogens with zero attached hydrogens (tertiary/aromatic N) is 2. The number of rotatable bonds is 8. The Bertz CT molecular complexity index is 356. The van der Waals surface area contributed by atoms with E-state index in [1.54, 1.807) is 12.2 Å². The molecule has 3 saturated carbocycles. The van der Waals surface area contributed by atoms with E-state index < -0.39 is 0 Å². The summed E-state index contributed by atoms with van der Waals surface area (Å²) in [7, 11) is 0. The lowest BCUT2D eigenvalue weighted by Crippen LogP contribution is -2.41. The van der Waals surface area contributed by atoms with Crippen molar-refractivity contribution < 1.29 is 9.59 Å². The largest absolute Gasteiger partial charge is 0.234 e. The maximum absolute atomic E-state index is 10.1. The van der Waals surface area contributed by atoms with Crippen molar-refractivity contribution in [3.63, 3.8) is 0 Å². The lowest BCUT2D eigenvalue weighted by molar-refractivity contribution is -0.0206. The molecule has 3 rings (SSSR count). The molecule has 2 bridgehead atoms. The van der Waals surface area contributed by atoms with Crippen LogP contribution in [0, 0.1) is 10.8 Å². The van der Waals surface area contributed by atoms with Crippen LogP contribution in [-0.2, 0) is 9.59 Å². The summed E-state index contributed by atoms with van der Waals surface area (Å²) >= 11 is 0. The van der Waals surface area contributed by atoms with E-state index >= 15 is 0 Å². The van der Waals surface area contributed by atoms with Crippen molar-refractivity contribution in [2.45, 2.75) is 64.2 Å². The molecular weight excluding hydrogens is 252 g/mol. The third-order valence-electron chi connectivity index (χ3n) is 5.64. The molecule has 0 heterocycles. The number of hydrogen-bond donors (Lipinski definition) is 0. The van der Waals surface area contributed by atoms with Crippen LogP contribution >= 0.6 is 0 Å². The predicted octanol–water partition coefficient (Wildman–Crippen LogP) is 3.56. The van der Waals surface area contributed by atoms with Gasteiger partial charge in [0.15, 0.2) is 0 Å². The zero-order valence-corrected chi connectivity index (χ0v) is 12.2.